The summed E-state index contributed by atoms with van der Waals surface area (Å²) in [6.07, 6.45) is 1.98. The summed E-state index contributed by atoms with van der Waals surface area (Å²) in [5.74, 6) is 0.175. The lowest BCUT2D eigenvalue weighted by molar-refractivity contribution is 0.399. The predicted molar refractivity (Wildman–Crippen MR) is 72.2 cm³/mol. The van der Waals surface area contributed by atoms with Crippen LogP contribution in [0, 0.1) is 0 Å². The van der Waals surface area contributed by atoms with Crippen molar-refractivity contribution >= 4 is 26.0 Å². The zero-order valence-electron chi connectivity index (χ0n) is 9.77. The molecule has 0 radical (unpaired) electrons. The minimum atomic E-state index is -3.10. The molecule has 1 aliphatic rings. The van der Waals surface area contributed by atoms with Gasteiger partial charge in [0.25, 0.3) is 0 Å². The molecule has 0 bridgehead atoms. The highest BCUT2D eigenvalue weighted by atomic mass is 79.9. The zero-order chi connectivity index (χ0) is 12.5. The Morgan fingerprint density at radius 1 is 1.35 bits per heavy atom. The van der Waals surface area contributed by atoms with E-state index in [4.69, 9.17) is 0 Å². The van der Waals surface area contributed by atoms with Gasteiger partial charge in [-0.05, 0) is 31.4 Å². The van der Waals surface area contributed by atoms with Crippen molar-refractivity contribution in [1.82, 2.24) is 4.31 Å². The van der Waals surface area contributed by atoms with Crippen LogP contribution in [-0.2, 0) is 16.6 Å². The Morgan fingerprint density at radius 3 is 2.53 bits per heavy atom. The molecule has 17 heavy (non-hydrogen) atoms. The van der Waals surface area contributed by atoms with Gasteiger partial charge in [0.2, 0.25) is 10.0 Å². The Morgan fingerprint density at radius 2 is 2.00 bits per heavy atom. The molecule has 0 spiro atoms. The van der Waals surface area contributed by atoms with Crippen molar-refractivity contribution in [2.45, 2.75) is 32.4 Å². The maximum Gasteiger partial charge on any atom is 0.214 e. The van der Waals surface area contributed by atoms with Crippen LogP contribution in [0.1, 0.15) is 25.3 Å². The van der Waals surface area contributed by atoms with Gasteiger partial charge >= 0.3 is 0 Å². The Labute approximate surface area is 111 Å². The maximum absolute atomic E-state index is 12.0. The van der Waals surface area contributed by atoms with Gasteiger partial charge in [-0.1, -0.05) is 34.1 Å². The van der Waals surface area contributed by atoms with Crippen molar-refractivity contribution in [3.05, 3.63) is 34.3 Å². The van der Waals surface area contributed by atoms with Crippen LogP contribution in [0.25, 0.3) is 0 Å². The molecule has 1 fully saturated rings. The molecule has 1 aliphatic carbocycles. The molecule has 0 N–H and O–H groups in total. The van der Waals surface area contributed by atoms with E-state index in [1.807, 2.05) is 24.3 Å². The minimum Gasteiger partial charge on any atom is -0.212 e. The molecule has 0 saturated heterocycles. The standard InChI is InChI=1S/C12H16BrNO2S/c1-2-17(15,16)14(11-7-8-11)9-10-5-3-4-6-12(10)13/h3-6,11H,2,7-9H2,1H3. The van der Waals surface area contributed by atoms with Crippen LogP contribution < -0.4 is 0 Å². The van der Waals surface area contributed by atoms with Gasteiger partial charge in [-0.2, -0.15) is 4.31 Å². The van der Waals surface area contributed by atoms with Gasteiger partial charge in [-0.15, -0.1) is 0 Å². The number of nitrogens with zero attached hydrogens (tertiary/aromatic N) is 1. The summed E-state index contributed by atoms with van der Waals surface area (Å²) in [6, 6.07) is 7.99. The minimum absolute atomic E-state index is 0.175. The summed E-state index contributed by atoms with van der Waals surface area (Å²) in [5, 5.41) is 0. The average molecular weight is 318 g/mol. The fourth-order valence-corrected chi connectivity index (χ4v) is 3.52. The van der Waals surface area contributed by atoms with E-state index in [-0.39, 0.29) is 11.8 Å². The molecule has 0 aromatic heterocycles. The molecule has 0 atom stereocenters. The first-order chi connectivity index (χ1) is 8.04. The summed E-state index contributed by atoms with van der Waals surface area (Å²) >= 11 is 3.46. The van der Waals surface area contributed by atoms with E-state index >= 15 is 0 Å². The fourth-order valence-electron chi connectivity index (χ4n) is 1.78. The van der Waals surface area contributed by atoms with Crippen LogP contribution in [0.2, 0.25) is 0 Å². The molecule has 2 rings (SSSR count). The Bertz CT molecular complexity index is 497. The predicted octanol–water partition coefficient (Wildman–Crippen LogP) is 2.76. The van der Waals surface area contributed by atoms with Crippen LogP contribution in [0.5, 0.6) is 0 Å². The fraction of sp³-hybridized carbons (Fsp3) is 0.500. The molecule has 1 aromatic carbocycles. The van der Waals surface area contributed by atoms with E-state index in [0.29, 0.717) is 6.54 Å². The second-order valence-corrected chi connectivity index (χ2v) is 7.33. The Hall–Kier alpha value is -0.390. The van der Waals surface area contributed by atoms with Gasteiger partial charge in [0.05, 0.1) is 5.75 Å². The molecular weight excluding hydrogens is 302 g/mol. The SMILES string of the molecule is CCS(=O)(=O)N(Cc1ccccc1Br)C1CC1. The second kappa shape index (κ2) is 5.08. The number of rotatable bonds is 5. The number of benzene rings is 1. The molecule has 0 amide bonds. The van der Waals surface area contributed by atoms with Crippen LogP contribution in [0.15, 0.2) is 28.7 Å². The van der Waals surface area contributed by atoms with Crippen LogP contribution >= 0.6 is 15.9 Å². The first kappa shape index (κ1) is 13.1. The van der Waals surface area contributed by atoms with Gasteiger partial charge in [-0.25, -0.2) is 8.42 Å². The van der Waals surface area contributed by atoms with E-state index < -0.39 is 10.0 Å². The highest BCUT2D eigenvalue weighted by molar-refractivity contribution is 9.10. The third-order valence-corrected chi connectivity index (χ3v) is 5.61. The van der Waals surface area contributed by atoms with Crippen LogP contribution in [0.3, 0.4) is 0 Å². The molecule has 1 saturated carbocycles. The van der Waals surface area contributed by atoms with Gasteiger partial charge in [0, 0.05) is 17.1 Å². The zero-order valence-corrected chi connectivity index (χ0v) is 12.2. The van der Waals surface area contributed by atoms with Crippen LogP contribution in [-0.4, -0.2) is 24.5 Å². The van der Waals surface area contributed by atoms with Gasteiger partial charge in [0.15, 0.2) is 0 Å². The lowest BCUT2D eigenvalue weighted by Crippen LogP contribution is -2.33. The first-order valence-corrected chi connectivity index (χ1v) is 8.17. The van der Waals surface area contributed by atoms with Gasteiger partial charge in [-0.3, -0.25) is 0 Å². The number of hydrogen-bond donors (Lipinski definition) is 0. The summed E-state index contributed by atoms with van der Waals surface area (Å²) in [7, 11) is -3.10. The van der Waals surface area contributed by atoms with E-state index in [2.05, 4.69) is 15.9 Å². The summed E-state index contributed by atoms with van der Waals surface area (Å²) in [5.41, 5.74) is 1.02. The monoisotopic (exact) mass is 317 g/mol. The van der Waals surface area contributed by atoms with Crippen molar-refractivity contribution in [2.75, 3.05) is 5.75 Å². The second-order valence-electron chi connectivity index (χ2n) is 4.27. The van der Waals surface area contributed by atoms with Gasteiger partial charge in [0.1, 0.15) is 0 Å². The average Bonchev–Trinajstić information content (AvgIpc) is 3.12. The highest BCUT2D eigenvalue weighted by Crippen LogP contribution is 2.32. The Kier molecular flexibility index (Phi) is 3.90. The summed E-state index contributed by atoms with van der Waals surface area (Å²) in [6.45, 7) is 2.17. The lowest BCUT2D eigenvalue weighted by Gasteiger charge is -2.21. The van der Waals surface area contributed by atoms with E-state index in [9.17, 15) is 8.42 Å². The van der Waals surface area contributed by atoms with E-state index in [1.165, 1.54) is 0 Å². The smallest absolute Gasteiger partial charge is 0.212 e. The molecule has 3 nitrogen and oxygen atoms in total. The quantitative estimate of drug-likeness (QED) is 0.837. The molecule has 5 heteroatoms. The largest absolute Gasteiger partial charge is 0.214 e. The summed E-state index contributed by atoms with van der Waals surface area (Å²) < 4.78 is 26.6. The van der Waals surface area contributed by atoms with E-state index in [1.54, 1.807) is 11.2 Å². The first-order valence-electron chi connectivity index (χ1n) is 5.77. The van der Waals surface area contributed by atoms with Crippen molar-refractivity contribution in [2.24, 2.45) is 0 Å². The lowest BCUT2D eigenvalue weighted by atomic mass is 10.2. The third-order valence-electron chi connectivity index (χ3n) is 2.96. The highest BCUT2D eigenvalue weighted by Gasteiger charge is 2.36. The molecule has 1 aromatic rings. The van der Waals surface area contributed by atoms with Crippen molar-refractivity contribution in [3.63, 3.8) is 0 Å². The molecule has 94 valence electrons. The maximum atomic E-state index is 12.0. The number of halogens is 1. The third kappa shape index (κ3) is 3.09. The summed E-state index contributed by atoms with van der Waals surface area (Å²) in [4.78, 5) is 0. The molecule has 0 aliphatic heterocycles. The van der Waals surface area contributed by atoms with Crippen molar-refractivity contribution < 1.29 is 8.42 Å². The molecule has 0 heterocycles. The van der Waals surface area contributed by atoms with Crippen molar-refractivity contribution in [3.8, 4) is 0 Å². The normalized spacial score (nSPS) is 16.4. The van der Waals surface area contributed by atoms with Crippen molar-refractivity contribution in [1.29, 1.82) is 0 Å². The molecule has 0 unspecified atom stereocenters. The molecular formula is C12H16BrNO2S. The number of hydrogen-bond acceptors (Lipinski definition) is 2. The van der Waals surface area contributed by atoms with Gasteiger partial charge < -0.3 is 0 Å². The van der Waals surface area contributed by atoms with Crippen LogP contribution in [0.4, 0.5) is 0 Å². The number of sulfonamides is 1. The topological polar surface area (TPSA) is 37.4 Å². The Balaban J connectivity index is 2.22. The van der Waals surface area contributed by atoms with E-state index in [0.717, 1.165) is 22.9 Å².